The molecule has 0 aromatic heterocycles. The fraction of sp³-hybridized carbons (Fsp3) is 0.231. The van der Waals surface area contributed by atoms with Crippen LogP contribution in [0.4, 0.5) is 5.69 Å². The lowest BCUT2D eigenvalue weighted by atomic mass is 9.99. The highest BCUT2D eigenvalue weighted by Gasteiger charge is 2.08. The monoisotopic (exact) mass is 232 g/mol. The number of anilines is 1. The van der Waals surface area contributed by atoms with Gasteiger partial charge < -0.3 is 11.1 Å². The molecule has 0 radical (unpaired) electrons. The van der Waals surface area contributed by atoms with Crippen LogP contribution in [0.1, 0.15) is 11.1 Å². The minimum Gasteiger partial charge on any atom is -0.399 e. The molecule has 0 saturated carbocycles. The van der Waals surface area contributed by atoms with E-state index in [0.717, 1.165) is 23.7 Å². The summed E-state index contributed by atoms with van der Waals surface area (Å²) < 4.78 is 0. The van der Waals surface area contributed by atoms with E-state index in [0.29, 0.717) is 0 Å². The molecule has 0 unspecified atom stereocenters. The zero-order valence-corrected chi connectivity index (χ0v) is 10.2. The Bertz CT molecular complexity index is 461. The van der Waals surface area contributed by atoms with E-state index in [1.165, 1.54) is 16.7 Å². The first-order valence-corrected chi connectivity index (χ1v) is 5.79. The van der Waals surface area contributed by atoms with E-state index in [4.69, 9.17) is 5.73 Å². The Morgan fingerprint density at radius 2 is 2.19 bits per heavy atom. The lowest BCUT2D eigenvalue weighted by Gasteiger charge is -2.10. The Morgan fingerprint density at radius 1 is 1.38 bits per heavy atom. The summed E-state index contributed by atoms with van der Waals surface area (Å²) in [7, 11) is 0. The molecule has 1 aromatic rings. The van der Waals surface area contributed by atoms with Crippen molar-refractivity contribution in [3.63, 3.8) is 0 Å². The van der Waals surface area contributed by atoms with E-state index in [-0.39, 0.29) is 0 Å². The second kappa shape index (κ2) is 4.76. The number of thiol groups is 1. The molecule has 0 spiro atoms. The summed E-state index contributed by atoms with van der Waals surface area (Å²) in [5, 5.41) is 3.28. The molecule has 0 saturated heterocycles. The number of nitrogens with one attached hydrogen (secondary N) is 1. The van der Waals surface area contributed by atoms with Gasteiger partial charge in [0, 0.05) is 23.7 Å². The van der Waals surface area contributed by atoms with Gasteiger partial charge in [0.1, 0.15) is 0 Å². The van der Waals surface area contributed by atoms with Gasteiger partial charge in [0.25, 0.3) is 0 Å². The maximum atomic E-state index is 5.76. The van der Waals surface area contributed by atoms with E-state index >= 15 is 0 Å². The van der Waals surface area contributed by atoms with Gasteiger partial charge in [-0.25, -0.2) is 0 Å². The average molecular weight is 232 g/mol. The molecule has 1 aliphatic heterocycles. The van der Waals surface area contributed by atoms with Crippen molar-refractivity contribution >= 4 is 23.9 Å². The van der Waals surface area contributed by atoms with Crippen molar-refractivity contribution in [2.24, 2.45) is 0 Å². The van der Waals surface area contributed by atoms with Crippen LogP contribution in [0.3, 0.4) is 0 Å². The standard InChI is InChI=1S/C13H16N2S/c1-9-7-10(14)4-5-11(9)12-3-2-6-15-8-13(12)16/h2-5,7,15-16H,6,8,14H2,1H3. The Kier molecular flexibility index (Phi) is 3.36. The topological polar surface area (TPSA) is 38.0 Å². The molecule has 1 aliphatic rings. The Morgan fingerprint density at radius 3 is 2.94 bits per heavy atom. The van der Waals surface area contributed by atoms with Gasteiger partial charge in [0.2, 0.25) is 0 Å². The van der Waals surface area contributed by atoms with Crippen LogP contribution in [0.15, 0.2) is 35.3 Å². The molecule has 0 aliphatic carbocycles. The molecule has 1 heterocycles. The molecule has 0 atom stereocenters. The van der Waals surface area contributed by atoms with E-state index in [2.05, 4.69) is 43.1 Å². The van der Waals surface area contributed by atoms with Crippen LogP contribution < -0.4 is 11.1 Å². The van der Waals surface area contributed by atoms with Crippen molar-refractivity contribution in [2.45, 2.75) is 6.92 Å². The number of allylic oxidation sites excluding steroid dienone is 2. The first kappa shape index (κ1) is 11.3. The molecule has 0 bridgehead atoms. The molecular formula is C13H16N2S. The van der Waals surface area contributed by atoms with Crippen LogP contribution in [-0.2, 0) is 0 Å². The van der Waals surface area contributed by atoms with E-state index in [1.54, 1.807) is 0 Å². The summed E-state index contributed by atoms with van der Waals surface area (Å²) in [6, 6.07) is 5.99. The maximum absolute atomic E-state index is 5.76. The number of rotatable bonds is 1. The number of hydrogen-bond acceptors (Lipinski definition) is 3. The average Bonchev–Trinajstić information content (AvgIpc) is 2.44. The van der Waals surface area contributed by atoms with E-state index < -0.39 is 0 Å². The highest BCUT2D eigenvalue weighted by molar-refractivity contribution is 7.84. The molecule has 3 heteroatoms. The van der Waals surface area contributed by atoms with Crippen LogP contribution in [0.25, 0.3) is 5.57 Å². The van der Waals surface area contributed by atoms with Crippen molar-refractivity contribution in [1.29, 1.82) is 0 Å². The maximum Gasteiger partial charge on any atom is 0.0317 e. The van der Waals surface area contributed by atoms with Crippen molar-refractivity contribution in [2.75, 3.05) is 18.8 Å². The number of nitrogens with two attached hydrogens (primary N) is 1. The summed E-state index contributed by atoms with van der Waals surface area (Å²) in [4.78, 5) is 1.07. The van der Waals surface area contributed by atoms with Gasteiger partial charge in [-0.3, -0.25) is 0 Å². The molecule has 0 amide bonds. The zero-order chi connectivity index (χ0) is 11.5. The molecule has 16 heavy (non-hydrogen) atoms. The number of hydrogen-bond donors (Lipinski definition) is 3. The molecule has 2 nitrogen and oxygen atoms in total. The number of benzene rings is 1. The lowest BCUT2D eigenvalue weighted by Crippen LogP contribution is -2.13. The smallest absolute Gasteiger partial charge is 0.0317 e. The fourth-order valence-electron chi connectivity index (χ4n) is 1.88. The third-order valence-corrected chi connectivity index (χ3v) is 3.09. The van der Waals surface area contributed by atoms with Gasteiger partial charge in [-0.15, -0.1) is 12.6 Å². The summed E-state index contributed by atoms with van der Waals surface area (Å²) in [6.07, 6.45) is 4.25. The van der Waals surface area contributed by atoms with Gasteiger partial charge in [-0.1, -0.05) is 18.2 Å². The highest BCUT2D eigenvalue weighted by atomic mass is 32.1. The molecule has 3 N–H and O–H groups in total. The first-order chi connectivity index (χ1) is 7.68. The summed E-state index contributed by atoms with van der Waals surface area (Å²) in [5.41, 5.74) is 10.1. The highest BCUT2D eigenvalue weighted by Crippen LogP contribution is 2.27. The predicted octanol–water partition coefficient (Wildman–Crippen LogP) is 2.38. The van der Waals surface area contributed by atoms with E-state index in [9.17, 15) is 0 Å². The van der Waals surface area contributed by atoms with Crippen LogP contribution >= 0.6 is 12.6 Å². The molecular weight excluding hydrogens is 216 g/mol. The normalized spacial score (nSPS) is 16.4. The van der Waals surface area contributed by atoms with Crippen LogP contribution in [0, 0.1) is 6.92 Å². The largest absolute Gasteiger partial charge is 0.399 e. The molecule has 2 rings (SSSR count). The SMILES string of the molecule is Cc1cc(N)ccc1C1=C(S)CNCC=C1. The van der Waals surface area contributed by atoms with Crippen LogP contribution in [0.2, 0.25) is 0 Å². The van der Waals surface area contributed by atoms with Crippen molar-refractivity contribution in [3.8, 4) is 0 Å². The Hall–Kier alpha value is -1.19. The number of aryl methyl sites for hydroxylation is 1. The first-order valence-electron chi connectivity index (χ1n) is 5.34. The minimum absolute atomic E-state index is 0.804. The molecule has 0 fully saturated rings. The predicted molar refractivity (Wildman–Crippen MR) is 73.5 cm³/mol. The second-order valence-corrected chi connectivity index (χ2v) is 4.51. The second-order valence-electron chi connectivity index (χ2n) is 3.97. The number of nitrogen functional groups attached to an aromatic ring is 1. The van der Waals surface area contributed by atoms with Gasteiger partial charge >= 0.3 is 0 Å². The van der Waals surface area contributed by atoms with Crippen molar-refractivity contribution in [1.82, 2.24) is 5.32 Å². The van der Waals surface area contributed by atoms with Crippen LogP contribution in [-0.4, -0.2) is 13.1 Å². The summed E-state index contributed by atoms with van der Waals surface area (Å²) >= 11 is 4.54. The third-order valence-electron chi connectivity index (χ3n) is 2.69. The van der Waals surface area contributed by atoms with Crippen molar-refractivity contribution in [3.05, 3.63) is 46.4 Å². The minimum atomic E-state index is 0.804. The molecule has 84 valence electrons. The summed E-state index contributed by atoms with van der Waals surface area (Å²) in [6.45, 7) is 3.78. The zero-order valence-electron chi connectivity index (χ0n) is 9.33. The lowest BCUT2D eigenvalue weighted by molar-refractivity contribution is 0.844. The van der Waals surface area contributed by atoms with Gasteiger partial charge in [-0.2, -0.15) is 0 Å². The van der Waals surface area contributed by atoms with E-state index in [1.807, 2.05) is 12.1 Å². The Balaban J connectivity index is 2.49. The fourth-order valence-corrected chi connectivity index (χ4v) is 2.18. The van der Waals surface area contributed by atoms with Gasteiger partial charge in [-0.05, 0) is 35.8 Å². The quantitative estimate of drug-likeness (QED) is 0.514. The Labute approximate surface area is 102 Å². The summed E-state index contributed by atoms with van der Waals surface area (Å²) in [5.74, 6) is 0. The van der Waals surface area contributed by atoms with Crippen molar-refractivity contribution < 1.29 is 0 Å². The van der Waals surface area contributed by atoms with Gasteiger partial charge in [0.05, 0.1) is 0 Å². The van der Waals surface area contributed by atoms with Crippen LogP contribution in [0.5, 0.6) is 0 Å². The third kappa shape index (κ3) is 2.31. The van der Waals surface area contributed by atoms with Gasteiger partial charge in [0.15, 0.2) is 0 Å². The molecule has 1 aromatic carbocycles.